The van der Waals surface area contributed by atoms with Gasteiger partial charge in [0, 0.05) is 72.5 Å². The van der Waals surface area contributed by atoms with E-state index in [1.807, 2.05) is 127 Å². The summed E-state index contributed by atoms with van der Waals surface area (Å²) < 4.78 is 63.1. The summed E-state index contributed by atoms with van der Waals surface area (Å²) in [5.74, 6) is 1.26. The molecule has 1 aliphatic heterocycles. The summed E-state index contributed by atoms with van der Waals surface area (Å²) >= 11 is 0. The van der Waals surface area contributed by atoms with Crippen LogP contribution in [0.25, 0.3) is 49.9 Å². The van der Waals surface area contributed by atoms with E-state index in [2.05, 4.69) is 58.6 Å². The zero-order chi connectivity index (χ0) is 47.1. The first-order chi connectivity index (χ1) is 32.0. The third-order valence-electron chi connectivity index (χ3n) is 11.1. The Morgan fingerprint density at radius 2 is 1.23 bits per heavy atom. The molecule has 10 rings (SSSR count). The molecule has 62 heavy (non-hydrogen) atoms. The predicted molar refractivity (Wildman–Crippen MR) is 252 cm³/mol. The Kier molecular flexibility index (Phi) is 8.89. The first-order valence-electron chi connectivity index (χ1n) is 23.5. The fourth-order valence-corrected chi connectivity index (χ4v) is 7.92. The van der Waals surface area contributed by atoms with Gasteiger partial charge in [0.1, 0.15) is 5.82 Å². The largest absolute Gasteiger partial charge is 0.509 e. The molecule has 0 saturated carbocycles. The molecule has 0 bridgehead atoms. The van der Waals surface area contributed by atoms with E-state index in [9.17, 15) is 2.74 Å². The molecule has 0 fully saturated rings. The Hall–Kier alpha value is -6.42. The Balaban J connectivity index is 0.00000578. The first kappa shape index (κ1) is 34.2. The van der Waals surface area contributed by atoms with E-state index < -0.39 is 5.41 Å². The van der Waals surface area contributed by atoms with Crippen LogP contribution in [0, 0.1) is 18.8 Å². The summed E-state index contributed by atoms with van der Waals surface area (Å²) in [5.41, 5.74) is 8.13. The van der Waals surface area contributed by atoms with Gasteiger partial charge in [0.25, 0.3) is 0 Å². The Bertz CT molecular complexity index is 3350. The number of para-hydroxylation sites is 3. The molecule has 6 heteroatoms. The van der Waals surface area contributed by atoms with E-state index in [1.165, 1.54) is 0 Å². The maximum absolute atomic E-state index is 9.86. The van der Waals surface area contributed by atoms with Crippen LogP contribution in [0.4, 0.5) is 22.7 Å². The zero-order valence-corrected chi connectivity index (χ0v) is 37.6. The van der Waals surface area contributed by atoms with Gasteiger partial charge < -0.3 is 19.1 Å². The third-order valence-corrected chi connectivity index (χ3v) is 11.1. The second-order valence-electron chi connectivity index (χ2n) is 17.3. The summed E-state index contributed by atoms with van der Waals surface area (Å²) in [7, 11) is 0. The van der Waals surface area contributed by atoms with Gasteiger partial charge in [0.2, 0.25) is 0 Å². The van der Waals surface area contributed by atoms with Gasteiger partial charge in [0.15, 0.2) is 0 Å². The number of pyridine rings is 1. The molecule has 0 aliphatic carbocycles. The van der Waals surface area contributed by atoms with Crippen molar-refractivity contribution in [3.63, 3.8) is 0 Å². The molecule has 9 aromatic rings. The average molecular weight is 993 g/mol. The van der Waals surface area contributed by atoms with Crippen LogP contribution in [0.1, 0.15) is 60.9 Å². The molecule has 5 nitrogen and oxygen atoms in total. The fraction of sp³-hybridized carbons (Fsp3) is 0.143. The van der Waals surface area contributed by atoms with Crippen molar-refractivity contribution in [2.45, 2.75) is 52.4 Å². The fourth-order valence-electron chi connectivity index (χ4n) is 7.92. The molecule has 0 saturated heterocycles. The van der Waals surface area contributed by atoms with Gasteiger partial charge in [-0.1, -0.05) is 138 Å². The second-order valence-corrected chi connectivity index (χ2v) is 17.3. The summed E-state index contributed by atoms with van der Waals surface area (Å²) in [5, 5.41) is 0.965. The molecule has 2 aromatic heterocycles. The standard InChI is InChI=1S/C56H47N4O.Pt/c1-55(2,3)40-30-31-57-53(34-40)60-49-25-14-13-24-45(49)46-29-28-44(36-52(46)60)61-43-23-17-22-42(35-43)58-37-59(51-27-16-15-26-50(51)58)54-47(38-18-9-7-10-19-38)32-41(56(4,5)6)33-48(54)39-20-11-8-12-21-39;/h7-34,37H,1-6H3;/q-3;/i13D,14D,24D,25D,32D,33D;. The SMILES string of the molecule is [2H]c1c(-c2ccccc2)c(N2[CH-]N(c3[c-]c(Oc4[c-]c5c(cc4)c4c([2H])c([2H])c([2H])c([2H])c4n5-c4cc(C(C)(C)C)ccn4)ccc3)c3ccccc32)c(-c2ccccc2)c([2H])c1C(C)(C)C.[Pt]. The molecule has 0 amide bonds. The van der Waals surface area contributed by atoms with E-state index in [4.69, 9.17) is 15.2 Å². The van der Waals surface area contributed by atoms with E-state index in [-0.39, 0.29) is 50.6 Å². The number of rotatable bonds is 7. The number of aromatic nitrogens is 2. The van der Waals surface area contributed by atoms with Crippen LogP contribution in [0.3, 0.4) is 0 Å². The number of hydrogen-bond acceptors (Lipinski definition) is 4. The molecule has 3 heterocycles. The molecule has 310 valence electrons. The van der Waals surface area contributed by atoms with Crippen LogP contribution in [0.2, 0.25) is 0 Å². The Labute approximate surface area is 388 Å². The smallest absolute Gasteiger partial charge is 0.135 e. The van der Waals surface area contributed by atoms with Gasteiger partial charge in [-0.25, -0.2) is 4.98 Å². The van der Waals surface area contributed by atoms with E-state index in [0.29, 0.717) is 62.5 Å². The minimum absolute atomic E-state index is 0. The number of hydrogen-bond donors (Lipinski definition) is 0. The van der Waals surface area contributed by atoms with Crippen molar-refractivity contribution < 1.29 is 34.0 Å². The summed E-state index contributed by atoms with van der Waals surface area (Å²) in [6.45, 7) is 14.5. The molecule has 0 spiro atoms. The molecule has 0 atom stereocenters. The molecule has 7 aromatic carbocycles. The van der Waals surface area contributed by atoms with Crippen LogP contribution < -0.4 is 14.5 Å². The van der Waals surface area contributed by atoms with Crippen molar-refractivity contribution in [1.82, 2.24) is 9.55 Å². The normalized spacial score (nSPS) is 14.1. The van der Waals surface area contributed by atoms with Gasteiger partial charge in [-0.3, -0.25) is 0 Å². The second kappa shape index (κ2) is 16.1. The number of anilines is 4. The van der Waals surface area contributed by atoms with E-state index >= 15 is 0 Å². The quantitative estimate of drug-likeness (QED) is 0.149. The molecular weight excluding hydrogens is 940 g/mol. The van der Waals surface area contributed by atoms with Crippen molar-refractivity contribution in [1.29, 1.82) is 0 Å². The van der Waals surface area contributed by atoms with Crippen LogP contribution in [0.5, 0.6) is 11.5 Å². The van der Waals surface area contributed by atoms with Gasteiger partial charge in [0.05, 0.1) is 8.22 Å². The molecule has 0 N–H and O–H groups in total. The average Bonchev–Trinajstić information content (AvgIpc) is 3.86. The van der Waals surface area contributed by atoms with Crippen LogP contribution >= 0.6 is 0 Å². The third kappa shape index (κ3) is 7.49. The summed E-state index contributed by atoms with van der Waals surface area (Å²) in [6.07, 6.45) is 1.72. The van der Waals surface area contributed by atoms with Crippen molar-refractivity contribution in [2.75, 3.05) is 9.80 Å². The van der Waals surface area contributed by atoms with Gasteiger partial charge in [-0.05, 0) is 80.9 Å². The van der Waals surface area contributed by atoms with Crippen molar-refractivity contribution in [3.05, 3.63) is 200 Å². The van der Waals surface area contributed by atoms with Crippen molar-refractivity contribution in [2.24, 2.45) is 0 Å². The topological polar surface area (TPSA) is 33.5 Å². The van der Waals surface area contributed by atoms with Crippen molar-refractivity contribution in [3.8, 4) is 39.6 Å². The minimum Gasteiger partial charge on any atom is -0.509 e. The van der Waals surface area contributed by atoms with Gasteiger partial charge >= 0.3 is 0 Å². The summed E-state index contributed by atoms with van der Waals surface area (Å²) in [4.78, 5) is 8.85. The maximum atomic E-state index is 9.86. The van der Waals surface area contributed by atoms with Gasteiger partial charge in [-0.2, -0.15) is 12.1 Å². The van der Waals surface area contributed by atoms with E-state index in [1.54, 1.807) is 22.9 Å². The van der Waals surface area contributed by atoms with E-state index in [0.717, 1.165) is 44.9 Å². The predicted octanol–water partition coefficient (Wildman–Crippen LogP) is 14.9. The number of ether oxygens (including phenoxy) is 1. The molecule has 1 aliphatic rings. The van der Waals surface area contributed by atoms with Crippen LogP contribution in [0.15, 0.2) is 170 Å². The number of benzene rings is 7. The van der Waals surface area contributed by atoms with Gasteiger partial charge in [-0.15, -0.1) is 48.1 Å². The number of fused-ring (bicyclic) bond motifs is 4. The minimum atomic E-state index is -0.493. The maximum Gasteiger partial charge on any atom is 0.135 e. The summed E-state index contributed by atoms with van der Waals surface area (Å²) in [6, 6.07) is 47.8. The monoisotopic (exact) mass is 992 g/mol. The molecular formula is C56H47N4OPt-3. The Morgan fingerprint density at radius 1 is 0.613 bits per heavy atom. The Morgan fingerprint density at radius 3 is 1.89 bits per heavy atom. The van der Waals surface area contributed by atoms with Crippen LogP contribution in [-0.4, -0.2) is 9.55 Å². The number of nitrogens with zero attached hydrogens (tertiary/aromatic N) is 4. The molecule has 0 radical (unpaired) electrons. The zero-order valence-electron chi connectivity index (χ0n) is 41.3. The molecule has 0 unspecified atom stereocenters. The van der Waals surface area contributed by atoms with Crippen LogP contribution in [-0.2, 0) is 31.9 Å². The van der Waals surface area contributed by atoms with Crippen molar-refractivity contribution >= 4 is 44.6 Å². The first-order valence-corrected chi connectivity index (χ1v) is 20.5.